The maximum absolute atomic E-state index is 11.8. The number of nitrogens with zero attached hydrogens (tertiary/aromatic N) is 1. The van der Waals surface area contributed by atoms with Gasteiger partial charge >= 0.3 is 11.9 Å². The van der Waals surface area contributed by atoms with Crippen molar-refractivity contribution in [2.45, 2.75) is 6.92 Å². The number of rotatable bonds is 6. The van der Waals surface area contributed by atoms with Gasteiger partial charge in [-0.25, -0.2) is 4.79 Å². The molecular formula is C16H13ClN2O6. The fourth-order valence-electron chi connectivity index (χ4n) is 1.78. The smallest absolute Gasteiger partial charge is 0.433 e. The number of benzene rings is 1. The minimum absolute atomic E-state index is 0.114. The Morgan fingerprint density at radius 3 is 2.80 bits per heavy atom. The first kappa shape index (κ1) is 18.2. The molecule has 0 aliphatic rings. The van der Waals surface area contributed by atoms with E-state index in [1.165, 1.54) is 12.1 Å². The van der Waals surface area contributed by atoms with Crippen molar-refractivity contribution in [3.8, 4) is 0 Å². The summed E-state index contributed by atoms with van der Waals surface area (Å²) in [5.74, 6) is -1.65. The van der Waals surface area contributed by atoms with E-state index in [1.807, 2.05) is 0 Å². The summed E-state index contributed by atoms with van der Waals surface area (Å²) in [5, 5.41) is 13.5. The third-order valence-corrected chi connectivity index (χ3v) is 3.23. The third kappa shape index (κ3) is 5.47. The largest absolute Gasteiger partial charge is 0.452 e. The molecule has 0 atom stereocenters. The topological polar surface area (TPSA) is 112 Å². The van der Waals surface area contributed by atoms with E-state index in [9.17, 15) is 19.7 Å². The molecule has 0 aliphatic carbocycles. The maximum atomic E-state index is 11.8. The van der Waals surface area contributed by atoms with Crippen LogP contribution in [-0.4, -0.2) is 23.4 Å². The van der Waals surface area contributed by atoms with Crippen molar-refractivity contribution in [2.24, 2.45) is 0 Å². The number of amides is 1. The Hall–Kier alpha value is -3.13. The molecule has 1 heterocycles. The van der Waals surface area contributed by atoms with Crippen molar-refractivity contribution >= 4 is 41.1 Å². The lowest BCUT2D eigenvalue weighted by Gasteiger charge is -2.08. The molecule has 2 aromatic rings. The molecule has 9 heteroatoms. The van der Waals surface area contributed by atoms with E-state index in [1.54, 1.807) is 25.1 Å². The number of hydrogen-bond donors (Lipinski definition) is 1. The predicted octanol–water partition coefficient (Wildman–Crippen LogP) is 3.34. The van der Waals surface area contributed by atoms with E-state index in [0.717, 1.165) is 17.7 Å². The fourth-order valence-corrected chi connectivity index (χ4v) is 1.95. The van der Waals surface area contributed by atoms with Crippen LogP contribution in [0.4, 0.5) is 11.6 Å². The van der Waals surface area contributed by atoms with Crippen LogP contribution in [0.25, 0.3) is 6.08 Å². The molecule has 0 saturated heterocycles. The lowest BCUT2D eigenvalue weighted by Crippen LogP contribution is -2.20. The number of hydrogen-bond acceptors (Lipinski definition) is 6. The Morgan fingerprint density at radius 1 is 1.36 bits per heavy atom. The van der Waals surface area contributed by atoms with E-state index in [-0.39, 0.29) is 5.76 Å². The zero-order valence-electron chi connectivity index (χ0n) is 13.0. The summed E-state index contributed by atoms with van der Waals surface area (Å²) < 4.78 is 9.61. The number of ether oxygens (including phenoxy) is 1. The highest BCUT2D eigenvalue weighted by Gasteiger charge is 2.11. The van der Waals surface area contributed by atoms with Crippen LogP contribution in [0.2, 0.25) is 5.02 Å². The van der Waals surface area contributed by atoms with Gasteiger partial charge in [0.2, 0.25) is 0 Å². The Bertz CT molecular complexity index is 843. The zero-order chi connectivity index (χ0) is 18.4. The third-order valence-electron chi connectivity index (χ3n) is 3.00. The van der Waals surface area contributed by atoms with Gasteiger partial charge in [0.25, 0.3) is 5.91 Å². The van der Waals surface area contributed by atoms with Gasteiger partial charge in [0.05, 0.1) is 6.07 Å². The number of carbonyl (C=O) groups excluding carboxylic acids is 2. The lowest BCUT2D eigenvalue weighted by atomic mass is 10.2. The molecule has 0 saturated carbocycles. The normalized spacial score (nSPS) is 10.6. The molecule has 2 rings (SSSR count). The highest BCUT2D eigenvalue weighted by molar-refractivity contribution is 6.31. The van der Waals surface area contributed by atoms with E-state index in [2.05, 4.69) is 5.32 Å². The number of esters is 1. The van der Waals surface area contributed by atoms with Crippen LogP contribution in [0.5, 0.6) is 0 Å². The van der Waals surface area contributed by atoms with Crippen molar-refractivity contribution < 1.29 is 23.7 Å². The first-order chi connectivity index (χ1) is 11.8. The Morgan fingerprint density at radius 2 is 2.12 bits per heavy atom. The summed E-state index contributed by atoms with van der Waals surface area (Å²) in [6.07, 6.45) is 2.20. The second kappa shape index (κ2) is 8.11. The summed E-state index contributed by atoms with van der Waals surface area (Å²) in [4.78, 5) is 33.1. The van der Waals surface area contributed by atoms with Crippen LogP contribution in [-0.2, 0) is 14.3 Å². The van der Waals surface area contributed by atoms with Crippen molar-refractivity contribution in [3.05, 3.63) is 62.9 Å². The Balaban J connectivity index is 1.84. The Labute approximate surface area is 147 Å². The number of anilines is 1. The van der Waals surface area contributed by atoms with Crippen LogP contribution in [0.15, 0.2) is 40.8 Å². The number of halogens is 1. The summed E-state index contributed by atoms with van der Waals surface area (Å²) in [7, 11) is 0. The van der Waals surface area contributed by atoms with Gasteiger partial charge in [-0.2, -0.15) is 0 Å². The van der Waals surface area contributed by atoms with Crippen molar-refractivity contribution in [1.82, 2.24) is 0 Å². The summed E-state index contributed by atoms with van der Waals surface area (Å²) in [6, 6.07) is 7.51. The second-order valence-electron chi connectivity index (χ2n) is 4.88. The number of nitro groups is 1. The van der Waals surface area contributed by atoms with Gasteiger partial charge in [0, 0.05) is 16.8 Å². The molecule has 8 nitrogen and oxygen atoms in total. The standard InChI is InChI=1S/C16H13ClN2O6/c1-10-2-3-11(17)8-13(10)18-14(20)9-24-16(21)7-5-12-4-6-15(25-12)19(22)23/h2-8H,9H2,1H3,(H,18,20)/b7-5+. The second-order valence-corrected chi connectivity index (χ2v) is 5.32. The highest BCUT2D eigenvalue weighted by atomic mass is 35.5. The van der Waals surface area contributed by atoms with E-state index >= 15 is 0 Å². The summed E-state index contributed by atoms with van der Waals surface area (Å²) in [5.41, 5.74) is 1.33. The molecule has 1 N–H and O–H groups in total. The van der Waals surface area contributed by atoms with Crippen LogP contribution >= 0.6 is 11.6 Å². The fraction of sp³-hybridized carbons (Fsp3) is 0.125. The molecule has 0 spiro atoms. The van der Waals surface area contributed by atoms with Crippen LogP contribution in [0.3, 0.4) is 0 Å². The minimum atomic E-state index is -0.794. The van der Waals surface area contributed by atoms with Crippen molar-refractivity contribution in [1.29, 1.82) is 0 Å². The van der Waals surface area contributed by atoms with Gasteiger partial charge in [-0.05, 0) is 36.8 Å². The van der Waals surface area contributed by atoms with Gasteiger partial charge in [-0.1, -0.05) is 17.7 Å². The molecule has 0 unspecified atom stereocenters. The molecule has 1 aromatic heterocycles. The molecule has 130 valence electrons. The van der Waals surface area contributed by atoms with E-state index < -0.39 is 29.3 Å². The lowest BCUT2D eigenvalue weighted by molar-refractivity contribution is -0.402. The maximum Gasteiger partial charge on any atom is 0.433 e. The number of nitrogens with one attached hydrogen (secondary N) is 1. The molecule has 25 heavy (non-hydrogen) atoms. The number of furan rings is 1. The average Bonchev–Trinajstić information content (AvgIpc) is 3.04. The summed E-state index contributed by atoms with van der Waals surface area (Å²) >= 11 is 5.85. The molecular weight excluding hydrogens is 352 g/mol. The van der Waals surface area contributed by atoms with Crippen LogP contribution in [0, 0.1) is 17.0 Å². The van der Waals surface area contributed by atoms with Crippen LogP contribution in [0.1, 0.15) is 11.3 Å². The van der Waals surface area contributed by atoms with Crippen molar-refractivity contribution in [2.75, 3.05) is 11.9 Å². The Kier molecular flexibility index (Phi) is 5.91. The van der Waals surface area contributed by atoms with Gasteiger partial charge < -0.3 is 14.5 Å². The zero-order valence-corrected chi connectivity index (χ0v) is 13.8. The molecule has 1 amide bonds. The predicted molar refractivity (Wildman–Crippen MR) is 90.2 cm³/mol. The first-order valence-electron chi connectivity index (χ1n) is 7.00. The number of aryl methyl sites for hydroxylation is 1. The molecule has 0 aliphatic heterocycles. The quantitative estimate of drug-likeness (QED) is 0.364. The molecule has 0 fully saturated rings. The molecule has 0 radical (unpaired) electrons. The average molecular weight is 365 g/mol. The first-order valence-corrected chi connectivity index (χ1v) is 7.38. The highest BCUT2D eigenvalue weighted by Crippen LogP contribution is 2.20. The van der Waals surface area contributed by atoms with E-state index in [4.69, 9.17) is 20.8 Å². The van der Waals surface area contributed by atoms with Gasteiger partial charge in [0.1, 0.15) is 10.7 Å². The molecule has 0 bridgehead atoms. The molecule has 1 aromatic carbocycles. The van der Waals surface area contributed by atoms with Crippen molar-refractivity contribution in [3.63, 3.8) is 0 Å². The minimum Gasteiger partial charge on any atom is -0.452 e. The van der Waals surface area contributed by atoms with Crippen LogP contribution < -0.4 is 5.32 Å². The van der Waals surface area contributed by atoms with Gasteiger partial charge in [0.15, 0.2) is 6.61 Å². The summed E-state index contributed by atoms with van der Waals surface area (Å²) in [6.45, 7) is 1.30. The van der Waals surface area contributed by atoms with Gasteiger partial charge in [-0.15, -0.1) is 0 Å². The van der Waals surface area contributed by atoms with Gasteiger partial charge in [-0.3, -0.25) is 14.9 Å². The van der Waals surface area contributed by atoms with E-state index in [0.29, 0.717) is 10.7 Å². The SMILES string of the molecule is Cc1ccc(Cl)cc1NC(=O)COC(=O)/C=C/c1ccc([N+](=O)[O-])o1. The monoisotopic (exact) mass is 364 g/mol. The number of carbonyl (C=O) groups is 2.